The summed E-state index contributed by atoms with van der Waals surface area (Å²) in [6.45, 7) is 0.266. The molecule has 204 valence electrons. The van der Waals surface area contributed by atoms with Gasteiger partial charge < -0.3 is 15.3 Å². The Morgan fingerprint density at radius 2 is 1.79 bits per heavy atom. The zero-order valence-electron chi connectivity index (χ0n) is 20.4. The van der Waals surface area contributed by atoms with Gasteiger partial charge in [0.05, 0.1) is 27.0 Å². The second-order valence-corrected chi connectivity index (χ2v) is 10.6. The number of alkyl halides is 2. The molecule has 0 spiro atoms. The van der Waals surface area contributed by atoms with E-state index in [-0.39, 0.29) is 40.3 Å². The Bertz CT molecular complexity index is 1420. The second-order valence-electron chi connectivity index (χ2n) is 9.73. The van der Waals surface area contributed by atoms with Crippen LogP contribution >= 0.6 is 23.2 Å². The highest BCUT2D eigenvalue weighted by molar-refractivity contribution is 6.31. The summed E-state index contributed by atoms with van der Waals surface area (Å²) >= 11 is 11.8. The van der Waals surface area contributed by atoms with Crippen molar-refractivity contribution in [3.05, 3.63) is 87.2 Å². The van der Waals surface area contributed by atoms with Crippen molar-refractivity contribution in [3.8, 4) is 0 Å². The second kappa shape index (κ2) is 10.7. The number of hydrogen-bond acceptors (Lipinski definition) is 5. The number of nitrogens with one attached hydrogen (secondary N) is 1. The molecular weight excluding hydrogens is 556 g/mol. The van der Waals surface area contributed by atoms with Crippen molar-refractivity contribution in [2.75, 3.05) is 11.4 Å². The fraction of sp³-hybridized carbons (Fsp3) is 0.333. The van der Waals surface area contributed by atoms with Gasteiger partial charge in [-0.05, 0) is 68.0 Å². The Labute approximate surface area is 232 Å². The number of aromatic nitrogens is 2. The third-order valence-electron chi connectivity index (χ3n) is 7.25. The number of fused-ring (bicyclic) bond motifs is 1. The van der Waals surface area contributed by atoms with Crippen molar-refractivity contribution in [1.82, 2.24) is 15.3 Å². The number of hydrogen-bond donors (Lipinski definition) is 2. The Morgan fingerprint density at radius 1 is 1.08 bits per heavy atom. The van der Waals surface area contributed by atoms with Gasteiger partial charge in [0.15, 0.2) is 0 Å². The van der Waals surface area contributed by atoms with Crippen LogP contribution in [0.5, 0.6) is 0 Å². The first-order chi connectivity index (χ1) is 18.6. The minimum atomic E-state index is -2.92. The summed E-state index contributed by atoms with van der Waals surface area (Å²) in [7, 11) is 0. The Balaban J connectivity index is 1.28. The minimum Gasteiger partial charge on any atom is -0.370 e. The zero-order valence-corrected chi connectivity index (χ0v) is 21.9. The number of benzene rings is 1. The molecule has 1 atom stereocenters. The van der Waals surface area contributed by atoms with Gasteiger partial charge in [-0.25, -0.2) is 13.2 Å². The lowest BCUT2D eigenvalue weighted by Gasteiger charge is -2.32. The molecule has 12 heteroatoms. The van der Waals surface area contributed by atoms with Crippen LogP contribution in [0.4, 0.5) is 18.9 Å². The summed E-state index contributed by atoms with van der Waals surface area (Å²) in [6.07, 6.45) is 1.81. The van der Waals surface area contributed by atoms with Crippen LogP contribution in [0, 0.1) is 11.7 Å². The molecule has 0 saturated heterocycles. The highest BCUT2D eigenvalue weighted by Gasteiger charge is 2.52. The maximum Gasteiger partial charge on any atom is 0.281 e. The molecule has 0 radical (unpaired) electrons. The van der Waals surface area contributed by atoms with Gasteiger partial charge in [-0.2, -0.15) is 0 Å². The predicted molar refractivity (Wildman–Crippen MR) is 138 cm³/mol. The summed E-state index contributed by atoms with van der Waals surface area (Å²) in [5, 5.41) is 14.7. The fourth-order valence-electron chi connectivity index (χ4n) is 5.29. The molecule has 1 saturated carbocycles. The summed E-state index contributed by atoms with van der Waals surface area (Å²) < 4.78 is 40.8. The molecule has 3 heterocycles. The molecule has 2 aliphatic rings. The Morgan fingerprint density at radius 3 is 2.46 bits per heavy atom. The first-order valence-electron chi connectivity index (χ1n) is 12.3. The topological polar surface area (TPSA) is 95.4 Å². The van der Waals surface area contributed by atoms with Crippen LogP contribution in [-0.4, -0.2) is 39.5 Å². The number of halogens is 5. The number of amides is 2. The van der Waals surface area contributed by atoms with Crippen molar-refractivity contribution >= 4 is 40.7 Å². The van der Waals surface area contributed by atoms with E-state index in [1.165, 1.54) is 41.4 Å². The van der Waals surface area contributed by atoms with Crippen molar-refractivity contribution in [2.24, 2.45) is 5.92 Å². The lowest BCUT2D eigenvalue weighted by Crippen LogP contribution is -2.45. The summed E-state index contributed by atoms with van der Waals surface area (Å²) in [5.41, 5.74) is -2.52. The molecule has 39 heavy (non-hydrogen) atoms. The van der Waals surface area contributed by atoms with Crippen LogP contribution in [0.25, 0.3) is 0 Å². The van der Waals surface area contributed by atoms with E-state index in [9.17, 15) is 27.9 Å². The predicted octanol–water partition coefficient (Wildman–Crippen LogP) is 5.43. The SMILES string of the molecule is O=C(NC1CCC(CN2C(=O)C(O)(c3ccc(Cl)cn3)c3cc(F)ccc32)CC1)c1cc(Cl)cnc1C(F)F. The molecule has 0 bridgehead atoms. The number of rotatable bonds is 6. The van der Waals surface area contributed by atoms with Gasteiger partial charge >= 0.3 is 0 Å². The number of anilines is 1. The number of aliphatic hydroxyl groups is 1. The van der Waals surface area contributed by atoms with E-state index < -0.39 is 35.4 Å². The molecule has 1 aromatic carbocycles. The molecular formula is C27H23Cl2F3N4O3. The number of nitrogens with zero attached hydrogens (tertiary/aromatic N) is 3. The smallest absolute Gasteiger partial charge is 0.281 e. The zero-order chi connectivity index (χ0) is 27.9. The molecule has 1 fully saturated rings. The van der Waals surface area contributed by atoms with Crippen molar-refractivity contribution < 1.29 is 27.9 Å². The van der Waals surface area contributed by atoms with Crippen LogP contribution in [0.2, 0.25) is 10.0 Å². The molecule has 2 N–H and O–H groups in total. The molecule has 2 aromatic heterocycles. The summed E-state index contributed by atoms with van der Waals surface area (Å²) in [5.74, 6) is -1.89. The van der Waals surface area contributed by atoms with Crippen LogP contribution in [0.3, 0.4) is 0 Å². The van der Waals surface area contributed by atoms with E-state index >= 15 is 0 Å². The van der Waals surface area contributed by atoms with E-state index in [2.05, 4.69) is 15.3 Å². The lowest BCUT2D eigenvalue weighted by atomic mass is 9.85. The maximum atomic E-state index is 14.2. The first kappa shape index (κ1) is 27.4. The maximum absolute atomic E-state index is 14.2. The van der Waals surface area contributed by atoms with E-state index in [4.69, 9.17) is 23.2 Å². The minimum absolute atomic E-state index is 0.0185. The lowest BCUT2D eigenvalue weighted by molar-refractivity contribution is -0.132. The fourth-order valence-corrected chi connectivity index (χ4v) is 5.56. The number of carbonyl (C=O) groups excluding carboxylic acids is 2. The summed E-state index contributed by atoms with van der Waals surface area (Å²) in [4.78, 5) is 35.5. The van der Waals surface area contributed by atoms with Gasteiger partial charge in [-0.1, -0.05) is 23.2 Å². The number of pyridine rings is 2. The normalized spacial score (nSPS) is 22.7. The van der Waals surface area contributed by atoms with Crippen LogP contribution < -0.4 is 10.2 Å². The molecule has 1 aliphatic carbocycles. The van der Waals surface area contributed by atoms with Gasteiger partial charge in [0.1, 0.15) is 11.5 Å². The van der Waals surface area contributed by atoms with E-state index in [0.29, 0.717) is 36.4 Å². The molecule has 5 rings (SSSR count). The van der Waals surface area contributed by atoms with Gasteiger partial charge in [-0.3, -0.25) is 19.6 Å². The van der Waals surface area contributed by atoms with Crippen molar-refractivity contribution in [3.63, 3.8) is 0 Å². The molecule has 3 aromatic rings. The van der Waals surface area contributed by atoms with E-state index in [1.54, 1.807) is 0 Å². The third-order valence-corrected chi connectivity index (χ3v) is 7.68. The van der Waals surface area contributed by atoms with Gasteiger partial charge in [0.2, 0.25) is 5.60 Å². The molecule has 2 amide bonds. The third kappa shape index (κ3) is 5.20. The van der Waals surface area contributed by atoms with Gasteiger partial charge in [0, 0.05) is 30.5 Å². The summed E-state index contributed by atoms with van der Waals surface area (Å²) in [6, 6.07) is 7.66. The molecule has 1 unspecified atom stereocenters. The van der Waals surface area contributed by atoms with Crippen LogP contribution in [0.15, 0.2) is 48.8 Å². The van der Waals surface area contributed by atoms with Crippen molar-refractivity contribution in [2.45, 2.75) is 43.8 Å². The molecule has 1 aliphatic heterocycles. The quantitative estimate of drug-likeness (QED) is 0.406. The standard InChI is InChI=1S/C27H23Cl2F3N4O3/c28-15-3-8-22(33-11-15)27(39)20-10-17(30)4-7-21(20)36(26(27)38)13-14-1-5-18(6-2-14)35-25(37)19-9-16(29)12-34-23(19)24(31)32/h3-4,7-12,14,18,24,39H,1-2,5-6,13H2,(H,35,37). The average molecular weight is 579 g/mol. The van der Waals surface area contributed by atoms with Crippen LogP contribution in [-0.2, 0) is 10.4 Å². The Hall–Kier alpha value is -3.21. The Kier molecular flexibility index (Phi) is 7.54. The molecule has 7 nitrogen and oxygen atoms in total. The average Bonchev–Trinajstić information content (AvgIpc) is 3.11. The van der Waals surface area contributed by atoms with Gasteiger partial charge in [0.25, 0.3) is 18.2 Å². The van der Waals surface area contributed by atoms with E-state index in [0.717, 1.165) is 12.3 Å². The van der Waals surface area contributed by atoms with E-state index in [1.807, 2.05) is 0 Å². The van der Waals surface area contributed by atoms with Gasteiger partial charge in [-0.15, -0.1) is 0 Å². The highest BCUT2D eigenvalue weighted by atomic mass is 35.5. The largest absolute Gasteiger partial charge is 0.370 e. The number of carbonyl (C=O) groups is 2. The highest BCUT2D eigenvalue weighted by Crippen LogP contribution is 2.45. The van der Waals surface area contributed by atoms with Crippen LogP contribution in [0.1, 0.15) is 59.4 Å². The first-order valence-corrected chi connectivity index (χ1v) is 13.0. The monoisotopic (exact) mass is 578 g/mol. The van der Waals surface area contributed by atoms with Crippen molar-refractivity contribution in [1.29, 1.82) is 0 Å².